The topological polar surface area (TPSA) is 61.8 Å². The van der Waals surface area contributed by atoms with Gasteiger partial charge in [-0.1, -0.05) is 32.9 Å². The lowest BCUT2D eigenvalue weighted by Crippen LogP contribution is -2.55. The van der Waals surface area contributed by atoms with E-state index < -0.39 is 11.6 Å². The van der Waals surface area contributed by atoms with Crippen molar-refractivity contribution in [2.24, 2.45) is 11.3 Å². The number of hydrogen-bond donors (Lipinski definition) is 2. The first-order valence-corrected chi connectivity index (χ1v) is 7.33. The van der Waals surface area contributed by atoms with Gasteiger partial charge in [-0.15, -0.1) is 0 Å². The molecule has 1 fully saturated rings. The Morgan fingerprint density at radius 2 is 2.10 bits per heavy atom. The fourth-order valence-corrected chi connectivity index (χ4v) is 3.12. The fraction of sp³-hybridized carbons (Fsp3) is 0.800. The molecule has 2 rings (SSSR count). The van der Waals surface area contributed by atoms with Crippen LogP contribution in [0.5, 0.6) is 0 Å². The molecule has 1 heterocycles. The number of carboxylic acid groups (broad SMARTS) is 1. The van der Waals surface area contributed by atoms with Gasteiger partial charge < -0.3 is 15.2 Å². The molecule has 1 aliphatic carbocycles. The van der Waals surface area contributed by atoms with Gasteiger partial charge in [0.15, 0.2) is 0 Å². The Morgan fingerprint density at radius 3 is 2.65 bits per heavy atom. The summed E-state index contributed by atoms with van der Waals surface area (Å²) in [5.41, 5.74) is -0.600. The van der Waals surface area contributed by atoms with Crippen LogP contribution in [0.1, 0.15) is 27.2 Å². The monoisotopic (exact) mass is 282 g/mol. The molecule has 0 radical (unpaired) electrons. The SMILES string of the molecule is CC(C)(C)C1(NC(=O)O)C=C[C@H](CN2CCOCC2)C1. The van der Waals surface area contributed by atoms with Crippen LogP contribution >= 0.6 is 0 Å². The van der Waals surface area contributed by atoms with E-state index in [4.69, 9.17) is 9.84 Å². The maximum atomic E-state index is 11.1. The highest BCUT2D eigenvalue weighted by Gasteiger charge is 2.45. The van der Waals surface area contributed by atoms with Crippen LogP contribution in [0.3, 0.4) is 0 Å². The maximum absolute atomic E-state index is 11.1. The highest BCUT2D eigenvalue weighted by molar-refractivity contribution is 5.66. The van der Waals surface area contributed by atoms with Gasteiger partial charge in [-0.25, -0.2) is 4.79 Å². The number of nitrogens with zero attached hydrogens (tertiary/aromatic N) is 1. The highest BCUT2D eigenvalue weighted by Crippen LogP contribution is 2.41. The zero-order chi connectivity index (χ0) is 14.8. The third-order valence-electron chi connectivity index (χ3n) is 4.50. The van der Waals surface area contributed by atoms with Crippen molar-refractivity contribution in [3.8, 4) is 0 Å². The minimum Gasteiger partial charge on any atom is -0.465 e. The Hall–Kier alpha value is -1.07. The molecule has 114 valence electrons. The van der Waals surface area contributed by atoms with Crippen LogP contribution < -0.4 is 5.32 Å². The van der Waals surface area contributed by atoms with Gasteiger partial charge in [0.1, 0.15) is 0 Å². The summed E-state index contributed by atoms with van der Waals surface area (Å²) < 4.78 is 5.36. The van der Waals surface area contributed by atoms with Crippen LogP contribution in [0.25, 0.3) is 0 Å². The van der Waals surface area contributed by atoms with Crippen LogP contribution in [0, 0.1) is 11.3 Å². The van der Waals surface area contributed by atoms with Crippen molar-refractivity contribution in [2.45, 2.75) is 32.7 Å². The van der Waals surface area contributed by atoms with Gasteiger partial charge in [0.05, 0.1) is 18.8 Å². The molecule has 0 aromatic rings. The van der Waals surface area contributed by atoms with Gasteiger partial charge in [0.2, 0.25) is 0 Å². The molecule has 0 aromatic heterocycles. The molecule has 0 bridgehead atoms. The standard InChI is InChI=1S/C15H26N2O3/c1-14(2,3)15(16-13(18)19)5-4-12(10-15)11-17-6-8-20-9-7-17/h4-5,12,16H,6-11H2,1-3H3,(H,18,19)/t12-,15?/m0/s1. The van der Waals surface area contributed by atoms with Crippen molar-refractivity contribution in [1.82, 2.24) is 10.2 Å². The molecule has 2 aliphatic rings. The quantitative estimate of drug-likeness (QED) is 0.777. The zero-order valence-corrected chi connectivity index (χ0v) is 12.7. The van der Waals surface area contributed by atoms with Crippen LogP contribution in [-0.4, -0.2) is 54.5 Å². The molecule has 0 spiro atoms. The summed E-state index contributed by atoms with van der Waals surface area (Å²) in [7, 11) is 0. The van der Waals surface area contributed by atoms with E-state index in [-0.39, 0.29) is 5.41 Å². The van der Waals surface area contributed by atoms with Crippen molar-refractivity contribution < 1.29 is 14.6 Å². The Labute approximate surface area is 121 Å². The van der Waals surface area contributed by atoms with Crippen LogP contribution in [0.15, 0.2) is 12.2 Å². The van der Waals surface area contributed by atoms with E-state index in [1.807, 2.05) is 0 Å². The lowest BCUT2D eigenvalue weighted by molar-refractivity contribution is 0.0312. The van der Waals surface area contributed by atoms with Gasteiger partial charge >= 0.3 is 6.09 Å². The maximum Gasteiger partial charge on any atom is 0.405 e. The van der Waals surface area contributed by atoms with Crippen molar-refractivity contribution in [3.05, 3.63) is 12.2 Å². The molecule has 0 saturated carbocycles. The molecule has 0 aromatic carbocycles. The van der Waals surface area contributed by atoms with E-state index in [1.165, 1.54) is 0 Å². The number of amides is 1. The fourth-order valence-electron chi connectivity index (χ4n) is 3.12. The second-order valence-electron chi connectivity index (χ2n) is 6.89. The van der Waals surface area contributed by atoms with Gasteiger partial charge in [-0.2, -0.15) is 0 Å². The molecule has 1 aliphatic heterocycles. The Balaban J connectivity index is 2.00. The van der Waals surface area contributed by atoms with Crippen molar-refractivity contribution in [1.29, 1.82) is 0 Å². The van der Waals surface area contributed by atoms with Crippen molar-refractivity contribution in [2.75, 3.05) is 32.8 Å². The summed E-state index contributed by atoms with van der Waals surface area (Å²) in [5.74, 6) is 0.402. The third-order valence-corrected chi connectivity index (χ3v) is 4.50. The van der Waals surface area contributed by atoms with Crippen LogP contribution in [-0.2, 0) is 4.74 Å². The van der Waals surface area contributed by atoms with Gasteiger partial charge in [-0.3, -0.25) is 4.90 Å². The number of ether oxygens (including phenoxy) is 1. The highest BCUT2D eigenvalue weighted by atomic mass is 16.5. The summed E-state index contributed by atoms with van der Waals surface area (Å²) in [4.78, 5) is 13.5. The summed E-state index contributed by atoms with van der Waals surface area (Å²) in [5, 5.41) is 11.9. The van der Waals surface area contributed by atoms with Crippen LogP contribution in [0.2, 0.25) is 0 Å². The molecular weight excluding hydrogens is 256 g/mol. The number of rotatable bonds is 3. The van der Waals surface area contributed by atoms with Crippen molar-refractivity contribution >= 4 is 6.09 Å². The van der Waals surface area contributed by atoms with Gasteiger partial charge in [-0.05, 0) is 17.8 Å². The summed E-state index contributed by atoms with van der Waals surface area (Å²) in [6, 6.07) is 0. The van der Waals surface area contributed by atoms with E-state index >= 15 is 0 Å². The van der Waals surface area contributed by atoms with E-state index in [0.717, 1.165) is 39.3 Å². The van der Waals surface area contributed by atoms with Crippen LogP contribution in [0.4, 0.5) is 4.79 Å². The van der Waals surface area contributed by atoms with Gasteiger partial charge in [0.25, 0.3) is 0 Å². The minimum absolute atomic E-state index is 0.137. The number of nitrogens with one attached hydrogen (secondary N) is 1. The predicted molar refractivity (Wildman–Crippen MR) is 77.9 cm³/mol. The minimum atomic E-state index is -0.948. The molecule has 2 atom stereocenters. The summed E-state index contributed by atoms with van der Waals surface area (Å²) in [6.07, 6.45) is 4.12. The van der Waals surface area contributed by atoms with E-state index in [0.29, 0.717) is 5.92 Å². The smallest absolute Gasteiger partial charge is 0.405 e. The number of morpholine rings is 1. The second kappa shape index (κ2) is 5.74. The first kappa shape index (κ1) is 15.3. The second-order valence-corrected chi connectivity index (χ2v) is 6.89. The molecule has 1 saturated heterocycles. The normalized spacial score (nSPS) is 31.4. The number of hydrogen-bond acceptors (Lipinski definition) is 3. The lowest BCUT2D eigenvalue weighted by Gasteiger charge is -2.41. The van der Waals surface area contributed by atoms with E-state index in [1.54, 1.807) is 0 Å². The molecule has 5 nitrogen and oxygen atoms in total. The van der Waals surface area contributed by atoms with E-state index in [9.17, 15) is 4.79 Å². The molecular formula is C15H26N2O3. The summed E-state index contributed by atoms with van der Waals surface area (Å²) in [6.45, 7) is 10.8. The Bertz CT molecular complexity index is 383. The van der Waals surface area contributed by atoms with Gasteiger partial charge in [0, 0.05) is 19.6 Å². The average Bonchev–Trinajstić information content (AvgIpc) is 2.73. The van der Waals surface area contributed by atoms with Crippen molar-refractivity contribution in [3.63, 3.8) is 0 Å². The molecule has 5 heteroatoms. The first-order chi connectivity index (χ1) is 9.32. The average molecular weight is 282 g/mol. The lowest BCUT2D eigenvalue weighted by atomic mass is 9.72. The first-order valence-electron chi connectivity index (χ1n) is 7.33. The predicted octanol–water partition coefficient (Wildman–Crippen LogP) is 1.95. The molecule has 2 N–H and O–H groups in total. The third kappa shape index (κ3) is 3.33. The largest absolute Gasteiger partial charge is 0.465 e. The Kier molecular flexibility index (Phi) is 4.39. The number of carbonyl (C=O) groups is 1. The summed E-state index contributed by atoms with van der Waals surface area (Å²) >= 11 is 0. The van der Waals surface area contributed by atoms with E-state index in [2.05, 4.69) is 43.1 Å². The Morgan fingerprint density at radius 1 is 1.45 bits per heavy atom. The molecule has 20 heavy (non-hydrogen) atoms. The molecule has 1 unspecified atom stereocenters. The molecule has 1 amide bonds. The zero-order valence-electron chi connectivity index (χ0n) is 12.7.